The molecule has 2 aromatic heterocycles. The highest BCUT2D eigenvalue weighted by Gasteiger charge is 2.25. The van der Waals surface area contributed by atoms with Gasteiger partial charge in [0.25, 0.3) is 0 Å². The second-order valence-corrected chi connectivity index (χ2v) is 12.4. The van der Waals surface area contributed by atoms with Crippen LogP contribution in [0.3, 0.4) is 0 Å². The summed E-state index contributed by atoms with van der Waals surface area (Å²) in [5.41, 5.74) is 10.7. The van der Waals surface area contributed by atoms with E-state index in [4.69, 9.17) is 8.83 Å². The molecule has 10 rings (SSSR count). The predicted molar refractivity (Wildman–Crippen MR) is 200 cm³/mol. The van der Waals surface area contributed by atoms with Crippen molar-refractivity contribution >= 4 is 54.5 Å². The molecule has 8 aromatic carbocycles. The smallest absolute Gasteiger partial charge is 0.143 e. The molecule has 0 aliphatic carbocycles. The highest BCUT2D eigenvalue weighted by Crippen LogP contribution is 2.51. The van der Waals surface area contributed by atoms with E-state index < -0.39 is 0 Å². The lowest BCUT2D eigenvalue weighted by molar-refractivity contribution is 0.632. The van der Waals surface area contributed by atoms with Crippen molar-refractivity contribution in [1.82, 2.24) is 0 Å². The molecule has 224 valence electrons. The van der Waals surface area contributed by atoms with Gasteiger partial charge < -0.3 is 8.83 Å². The molecule has 48 heavy (non-hydrogen) atoms. The fraction of sp³-hybridized carbons (Fsp3) is 0. The third-order valence-corrected chi connectivity index (χ3v) is 9.69. The summed E-state index contributed by atoms with van der Waals surface area (Å²) in [6, 6.07) is 60.1. The molecule has 0 atom stereocenters. The number of benzene rings is 8. The minimum atomic E-state index is 0.842. The summed E-state index contributed by atoms with van der Waals surface area (Å²) < 4.78 is 13.3. The van der Waals surface area contributed by atoms with Crippen LogP contribution in [0, 0.1) is 0 Å². The molecular formula is C46H28O2. The van der Waals surface area contributed by atoms with E-state index in [0.29, 0.717) is 0 Å². The van der Waals surface area contributed by atoms with Gasteiger partial charge in [-0.2, -0.15) is 0 Å². The summed E-state index contributed by atoms with van der Waals surface area (Å²) in [5.74, 6) is 0.857. The van der Waals surface area contributed by atoms with Gasteiger partial charge in [0.05, 0.1) is 0 Å². The second-order valence-electron chi connectivity index (χ2n) is 12.4. The maximum Gasteiger partial charge on any atom is 0.143 e. The molecule has 0 fully saturated rings. The molecule has 0 saturated carbocycles. The van der Waals surface area contributed by atoms with Crippen LogP contribution in [0.5, 0.6) is 0 Å². The largest absolute Gasteiger partial charge is 0.456 e. The summed E-state index contributed by atoms with van der Waals surface area (Å²) in [7, 11) is 0. The number of hydrogen-bond donors (Lipinski definition) is 0. The lowest BCUT2D eigenvalue weighted by Gasteiger charge is -2.20. The minimum absolute atomic E-state index is 0.842. The Morgan fingerprint density at radius 1 is 0.271 bits per heavy atom. The average molecular weight is 613 g/mol. The topological polar surface area (TPSA) is 26.3 Å². The van der Waals surface area contributed by atoms with Gasteiger partial charge in [-0.3, -0.25) is 0 Å². The molecule has 0 spiro atoms. The molecule has 0 aliphatic rings. The predicted octanol–water partition coefficient (Wildman–Crippen LogP) is 13.3. The highest BCUT2D eigenvalue weighted by molar-refractivity contribution is 6.26. The van der Waals surface area contributed by atoms with Gasteiger partial charge in [0, 0.05) is 32.8 Å². The average Bonchev–Trinajstić information content (AvgIpc) is 3.71. The summed E-state index contributed by atoms with van der Waals surface area (Å²) in [6.45, 7) is 0. The Hall–Kier alpha value is -6.38. The quantitative estimate of drug-likeness (QED) is 0.185. The van der Waals surface area contributed by atoms with Crippen molar-refractivity contribution in [1.29, 1.82) is 0 Å². The molecule has 0 amide bonds. The zero-order valence-corrected chi connectivity index (χ0v) is 26.0. The van der Waals surface area contributed by atoms with Gasteiger partial charge in [-0.25, -0.2) is 0 Å². The molecule has 10 aromatic rings. The fourth-order valence-electron chi connectivity index (χ4n) is 7.61. The van der Waals surface area contributed by atoms with Crippen LogP contribution >= 0.6 is 0 Å². The van der Waals surface area contributed by atoms with Crippen molar-refractivity contribution in [2.75, 3.05) is 0 Å². The van der Waals surface area contributed by atoms with Crippen LogP contribution in [0.2, 0.25) is 0 Å². The lowest BCUT2D eigenvalue weighted by Crippen LogP contribution is -1.93. The summed E-state index contributed by atoms with van der Waals surface area (Å²) in [5, 5.41) is 7.94. The van der Waals surface area contributed by atoms with E-state index in [1.807, 2.05) is 12.1 Å². The van der Waals surface area contributed by atoms with Crippen LogP contribution in [-0.2, 0) is 0 Å². The van der Waals surface area contributed by atoms with E-state index in [1.165, 1.54) is 43.8 Å². The fourth-order valence-corrected chi connectivity index (χ4v) is 7.61. The molecule has 0 unspecified atom stereocenters. The van der Waals surface area contributed by atoms with Gasteiger partial charge in [0.15, 0.2) is 0 Å². The summed E-state index contributed by atoms with van der Waals surface area (Å²) >= 11 is 0. The third kappa shape index (κ3) is 4.00. The van der Waals surface area contributed by atoms with E-state index in [1.54, 1.807) is 0 Å². The molecule has 2 nitrogen and oxygen atoms in total. The normalized spacial score (nSPS) is 11.8. The van der Waals surface area contributed by atoms with Gasteiger partial charge >= 0.3 is 0 Å². The minimum Gasteiger partial charge on any atom is -0.456 e. The van der Waals surface area contributed by atoms with E-state index in [0.717, 1.165) is 55.4 Å². The first-order valence-corrected chi connectivity index (χ1v) is 16.4. The maximum absolute atomic E-state index is 6.91. The van der Waals surface area contributed by atoms with Crippen LogP contribution in [0.1, 0.15) is 0 Å². The zero-order valence-electron chi connectivity index (χ0n) is 26.0. The maximum atomic E-state index is 6.91. The second kappa shape index (κ2) is 10.6. The van der Waals surface area contributed by atoms with Gasteiger partial charge in [-0.05, 0) is 62.0 Å². The molecule has 0 N–H and O–H groups in total. The van der Waals surface area contributed by atoms with Gasteiger partial charge in [-0.15, -0.1) is 0 Å². The Morgan fingerprint density at radius 2 is 0.750 bits per heavy atom. The van der Waals surface area contributed by atoms with Crippen molar-refractivity contribution in [3.8, 4) is 44.7 Å². The monoisotopic (exact) mass is 612 g/mol. The zero-order chi connectivity index (χ0) is 31.6. The van der Waals surface area contributed by atoms with Crippen LogP contribution < -0.4 is 0 Å². The molecule has 0 radical (unpaired) electrons. The van der Waals surface area contributed by atoms with Crippen LogP contribution in [-0.4, -0.2) is 0 Å². The van der Waals surface area contributed by atoms with E-state index in [2.05, 4.69) is 158 Å². The Balaban J connectivity index is 1.36. The van der Waals surface area contributed by atoms with Crippen molar-refractivity contribution in [2.45, 2.75) is 0 Å². The Kier molecular flexibility index (Phi) is 5.91. The number of hydrogen-bond acceptors (Lipinski definition) is 2. The SMILES string of the molecule is c1ccc(-c2ccccc2-c2c3ccccc3c(-c3c(-c4ccccc4)oc4cc5c(cc34)oc3ccccc35)c3ccccc23)cc1. The summed E-state index contributed by atoms with van der Waals surface area (Å²) in [4.78, 5) is 0. The standard InChI is InChI=1S/C46H28O2/c1-3-15-29(16-4-1)31-19-7-8-21-33(31)43-34-22-9-11-24-36(34)44(37-25-12-10-23-35(37)43)45-39-28-41-38(32-20-13-14-26-40(32)47-41)27-42(39)48-46(45)30-17-5-2-6-18-30/h1-28H. The van der Waals surface area contributed by atoms with Gasteiger partial charge in [0.2, 0.25) is 0 Å². The van der Waals surface area contributed by atoms with Crippen molar-refractivity contribution in [2.24, 2.45) is 0 Å². The van der Waals surface area contributed by atoms with Gasteiger partial charge in [-0.1, -0.05) is 152 Å². The first-order chi connectivity index (χ1) is 23.8. The van der Waals surface area contributed by atoms with Gasteiger partial charge in [0.1, 0.15) is 22.5 Å². The van der Waals surface area contributed by atoms with Crippen LogP contribution in [0.25, 0.3) is 99.2 Å². The molecule has 0 aliphatic heterocycles. The number of furan rings is 2. The van der Waals surface area contributed by atoms with Crippen molar-refractivity contribution in [3.63, 3.8) is 0 Å². The first-order valence-electron chi connectivity index (χ1n) is 16.4. The van der Waals surface area contributed by atoms with Crippen molar-refractivity contribution in [3.05, 3.63) is 170 Å². The molecule has 0 bridgehead atoms. The lowest BCUT2D eigenvalue weighted by atomic mass is 9.83. The molecule has 2 heterocycles. The number of para-hydroxylation sites is 1. The van der Waals surface area contributed by atoms with E-state index >= 15 is 0 Å². The van der Waals surface area contributed by atoms with Crippen molar-refractivity contribution < 1.29 is 8.83 Å². The number of fused-ring (bicyclic) bond motifs is 6. The van der Waals surface area contributed by atoms with E-state index in [9.17, 15) is 0 Å². The Labute approximate surface area is 277 Å². The molecular weight excluding hydrogens is 585 g/mol. The Morgan fingerprint density at radius 3 is 1.42 bits per heavy atom. The van der Waals surface area contributed by atoms with Crippen LogP contribution in [0.4, 0.5) is 0 Å². The van der Waals surface area contributed by atoms with E-state index in [-0.39, 0.29) is 0 Å². The Bertz CT molecular complexity index is 2760. The molecule has 0 saturated heterocycles. The highest BCUT2D eigenvalue weighted by atomic mass is 16.3. The summed E-state index contributed by atoms with van der Waals surface area (Å²) in [6.07, 6.45) is 0. The number of rotatable bonds is 4. The third-order valence-electron chi connectivity index (χ3n) is 9.69. The first kappa shape index (κ1) is 26.8. The molecule has 2 heteroatoms. The van der Waals surface area contributed by atoms with Crippen LogP contribution in [0.15, 0.2) is 179 Å².